The monoisotopic (exact) mass is 358 g/mol. The minimum atomic E-state index is -3.59. The van der Waals surface area contributed by atoms with Crippen LogP contribution in [-0.2, 0) is 10.0 Å². The number of benzene rings is 1. The van der Waals surface area contributed by atoms with Crippen LogP contribution >= 0.6 is 11.6 Å². The summed E-state index contributed by atoms with van der Waals surface area (Å²) in [6.45, 7) is 0.680. The van der Waals surface area contributed by atoms with Crippen LogP contribution in [0.25, 0.3) is 0 Å². The Labute approximate surface area is 143 Å². The number of sulfonamides is 1. The van der Waals surface area contributed by atoms with Crippen molar-refractivity contribution in [2.75, 3.05) is 27.7 Å². The van der Waals surface area contributed by atoms with Crippen LogP contribution in [0.4, 0.5) is 0 Å². The minimum absolute atomic E-state index is 0.0736. The van der Waals surface area contributed by atoms with Gasteiger partial charge in [-0.25, -0.2) is 12.7 Å². The molecule has 1 saturated carbocycles. The summed E-state index contributed by atoms with van der Waals surface area (Å²) in [5.74, 6) is 0.286. The lowest BCUT2D eigenvalue weighted by atomic mass is 10.1. The summed E-state index contributed by atoms with van der Waals surface area (Å²) in [4.78, 5) is 14.4. The van der Waals surface area contributed by atoms with E-state index in [1.165, 1.54) is 45.1 Å². The van der Waals surface area contributed by atoms with E-state index in [-0.39, 0.29) is 21.4 Å². The second-order valence-corrected chi connectivity index (χ2v) is 8.82. The van der Waals surface area contributed by atoms with E-state index >= 15 is 0 Å². The number of carbonyl (C=O) groups is 1. The average molecular weight is 359 g/mol. The molecular formula is C16H23ClN2O3S. The SMILES string of the molecule is CN(CC1CCCC1)C(=O)c1cc(S(=O)(=O)N(C)C)ccc1Cl. The van der Waals surface area contributed by atoms with E-state index in [9.17, 15) is 13.2 Å². The number of amides is 1. The molecule has 2 rings (SSSR count). The van der Waals surface area contributed by atoms with Gasteiger partial charge in [-0.05, 0) is 37.0 Å². The van der Waals surface area contributed by atoms with E-state index in [2.05, 4.69) is 0 Å². The Morgan fingerprint density at radius 1 is 1.22 bits per heavy atom. The Bertz CT molecular complexity index is 683. The highest BCUT2D eigenvalue weighted by molar-refractivity contribution is 7.89. The number of rotatable bonds is 5. The first-order valence-electron chi connectivity index (χ1n) is 7.71. The number of carbonyl (C=O) groups excluding carboxylic acids is 1. The summed E-state index contributed by atoms with van der Waals surface area (Å²) in [6.07, 6.45) is 4.70. The van der Waals surface area contributed by atoms with Crippen LogP contribution in [0.1, 0.15) is 36.0 Å². The predicted molar refractivity (Wildman–Crippen MR) is 91.2 cm³/mol. The van der Waals surface area contributed by atoms with Gasteiger partial charge in [0.25, 0.3) is 5.91 Å². The molecule has 1 aromatic carbocycles. The normalized spacial score (nSPS) is 16.0. The Morgan fingerprint density at radius 2 is 1.83 bits per heavy atom. The molecule has 0 aliphatic heterocycles. The third-order valence-electron chi connectivity index (χ3n) is 4.30. The molecule has 0 heterocycles. The van der Waals surface area contributed by atoms with Gasteiger partial charge in [0.15, 0.2) is 0 Å². The number of halogens is 1. The summed E-state index contributed by atoms with van der Waals surface area (Å²) < 4.78 is 25.6. The van der Waals surface area contributed by atoms with E-state index < -0.39 is 10.0 Å². The van der Waals surface area contributed by atoms with Gasteiger partial charge in [-0.1, -0.05) is 24.4 Å². The van der Waals surface area contributed by atoms with Crippen molar-refractivity contribution >= 4 is 27.5 Å². The third kappa shape index (κ3) is 4.05. The van der Waals surface area contributed by atoms with Crippen molar-refractivity contribution in [3.63, 3.8) is 0 Å². The van der Waals surface area contributed by atoms with Crippen LogP contribution in [0.2, 0.25) is 5.02 Å². The summed E-state index contributed by atoms with van der Waals surface area (Å²) in [5.41, 5.74) is 0.232. The Morgan fingerprint density at radius 3 is 2.39 bits per heavy atom. The van der Waals surface area contributed by atoms with E-state index in [4.69, 9.17) is 11.6 Å². The molecule has 1 amide bonds. The summed E-state index contributed by atoms with van der Waals surface area (Å²) in [7, 11) is 1.06. The van der Waals surface area contributed by atoms with E-state index in [0.29, 0.717) is 12.5 Å². The summed E-state index contributed by atoms with van der Waals surface area (Å²) in [5, 5.41) is 0.269. The first-order chi connectivity index (χ1) is 10.7. The fourth-order valence-corrected chi connectivity index (χ4v) is 4.04. The largest absolute Gasteiger partial charge is 0.341 e. The zero-order valence-electron chi connectivity index (χ0n) is 13.8. The zero-order valence-corrected chi connectivity index (χ0v) is 15.3. The van der Waals surface area contributed by atoms with Crippen LogP contribution < -0.4 is 0 Å². The van der Waals surface area contributed by atoms with Crippen molar-refractivity contribution in [3.05, 3.63) is 28.8 Å². The molecule has 0 bridgehead atoms. The second kappa shape index (κ2) is 7.20. The Hall–Kier alpha value is -1.11. The second-order valence-electron chi connectivity index (χ2n) is 6.27. The molecule has 7 heteroatoms. The highest BCUT2D eigenvalue weighted by atomic mass is 35.5. The molecule has 23 heavy (non-hydrogen) atoms. The van der Waals surface area contributed by atoms with Gasteiger partial charge in [0.1, 0.15) is 0 Å². The van der Waals surface area contributed by atoms with Gasteiger partial charge < -0.3 is 4.90 Å². The fourth-order valence-electron chi connectivity index (χ4n) is 2.91. The first-order valence-corrected chi connectivity index (χ1v) is 9.53. The molecule has 5 nitrogen and oxygen atoms in total. The molecule has 0 saturated heterocycles. The van der Waals surface area contributed by atoms with Crippen LogP contribution in [0.15, 0.2) is 23.1 Å². The quantitative estimate of drug-likeness (QED) is 0.813. The van der Waals surface area contributed by atoms with Crippen LogP contribution in [-0.4, -0.2) is 51.2 Å². The standard InChI is InChI=1S/C16H23ClN2O3S/c1-18(2)23(21,22)13-8-9-15(17)14(10-13)16(20)19(3)11-12-6-4-5-7-12/h8-10,12H,4-7,11H2,1-3H3. The van der Waals surface area contributed by atoms with Gasteiger partial charge in [0.05, 0.1) is 15.5 Å². The molecule has 0 spiro atoms. The maximum Gasteiger partial charge on any atom is 0.255 e. The van der Waals surface area contributed by atoms with Crippen molar-refractivity contribution in [2.45, 2.75) is 30.6 Å². The Balaban J connectivity index is 2.25. The molecule has 0 N–H and O–H groups in total. The van der Waals surface area contributed by atoms with Crippen LogP contribution in [0.5, 0.6) is 0 Å². The van der Waals surface area contributed by atoms with Gasteiger partial charge in [-0.3, -0.25) is 4.79 Å². The van der Waals surface area contributed by atoms with Gasteiger partial charge >= 0.3 is 0 Å². The minimum Gasteiger partial charge on any atom is -0.341 e. The van der Waals surface area contributed by atoms with E-state index in [0.717, 1.165) is 17.1 Å². The molecule has 0 atom stereocenters. The Kier molecular flexibility index (Phi) is 5.70. The van der Waals surface area contributed by atoms with Crippen molar-refractivity contribution in [1.82, 2.24) is 9.21 Å². The lowest BCUT2D eigenvalue weighted by molar-refractivity contribution is 0.0773. The smallest absolute Gasteiger partial charge is 0.255 e. The fraction of sp³-hybridized carbons (Fsp3) is 0.562. The van der Waals surface area contributed by atoms with Crippen molar-refractivity contribution in [3.8, 4) is 0 Å². The number of hydrogen-bond acceptors (Lipinski definition) is 3. The zero-order chi connectivity index (χ0) is 17.2. The molecule has 0 unspecified atom stereocenters. The number of hydrogen-bond donors (Lipinski definition) is 0. The third-order valence-corrected chi connectivity index (χ3v) is 6.44. The van der Waals surface area contributed by atoms with E-state index in [1.54, 1.807) is 11.9 Å². The van der Waals surface area contributed by atoms with Crippen molar-refractivity contribution < 1.29 is 13.2 Å². The highest BCUT2D eigenvalue weighted by Crippen LogP contribution is 2.27. The molecule has 0 aromatic heterocycles. The molecule has 1 aliphatic rings. The predicted octanol–water partition coefficient (Wildman–Crippen LogP) is 2.85. The summed E-state index contributed by atoms with van der Waals surface area (Å²) >= 11 is 6.13. The molecular weight excluding hydrogens is 336 g/mol. The lowest BCUT2D eigenvalue weighted by Crippen LogP contribution is -2.31. The summed E-state index contributed by atoms with van der Waals surface area (Å²) in [6, 6.07) is 4.26. The first kappa shape index (κ1) is 18.2. The number of nitrogens with zero attached hydrogens (tertiary/aromatic N) is 2. The van der Waals surface area contributed by atoms with Gasteiger partial charge in [-0.15, -0.1) is 0 Å². The maximum atomic E-state index is 12.6. The van der Waals surface area contributed by atoms with Gasteiger partial charge in [0, 0.05) is 27.7 Å². The van der Waals surface area contributed by atoms with E-state index in [1.807, 2.05) is 0 Å². The topological polar surface area (TPSA) is 57.7 Å². The van der Waals surface area contributed by atoms with Crippen LogP contribution in [0.3, 0.4) is 0 Å². The van der Waals surface area contributed by atoms with Gasteiger partial charge in [0.2, 0.25) is 10.0 Å². The molecule has 1 aliphatic carbocycles. The highest BCUT2D eigenvalue weighted by Gasteiger charge is 2.24. The molecule has 0 radical (unpaired) electrons. The maximum absolute atomic E-state index is 12.6. The lowest BCUT2D eigenvalue weighted by Gasteiger charge is -2.22. The van der Waals surface area contributed by atoms with Crippen molar-refractivity contribution in [1.29, 1.82) is 0 Å². The van der Waals surface area contributed by atoms with Crippen molar-refractivity contribution in [2.24, 2.45) is 5.92 Å². The molecule has 1 fully saturated rings. The van der Waals surface area contributed by atoms with Crippen LogP contribution in [0, 0.1) is 5.92 Å². The van der Waals surface area contributed by atoms with Gasteiger partial charge in [-0.2, -0.15) is 0 Å². The molecule has 128 valence electrons. The average Bonchev–Trinajstić information content (AvgIpc) is 2.99. The molecule has 1 aromatic rings.